The minimum atomic E-state index is 0.239. The van der Waals surface area contributed by atoms with Crippen LogP contribution in [0.25, 0.3) is 0 Å². The summed E-state index contributed by atoms with van der Waals surface area (Å²) in [5, 5.41) is 8.06. The number of piperidine rings is 1. The molecule has 1 N–H and O–H groups in total. The van der Waals surface area contributed by atoms with E-state index in [0.29, 0.717) is 0 Å². The predicted octanol–water partition coefficient (Wildman–Crippen LogP) is 2.33. The highest BCUT2D eigenvalue weighted by Crippen LogP contribution is 2.19. The molecular weight excluding hydrogens is 248 g/mol. The highest BCUT2D eigenvalue weighted by Gasteiger charge is 2.21. The van der Waals surface area contributed by atoms with Gasteiger partial charge in [0.1, 0.15) is 0 Å². The summed E-state index contributed by atoms with van der Waals surface area (Å²) < 4.78 is 2.02. The van der Waals surface area contributed by atoms with Crippen LogP contribution in [0.3, 0.4) is 0 Å². The number of aromatic nitrogens is 2. The molecule has 0 amide bonds. The summed E-state index contributed by atoms with van der Waals surface area (Å²) in [6.45, 7) is 13.4. The maximum Gasteiger partial charge on any atom is 0.0597 e. The van der Waals surface area contributed by atoms with E-state index in [1.54, 1.807) is 0 Å². The summed E-state index contributed by atoms with van der Waals surface area (Å²) in [6, 6.07) is 2.20. The third-order valence-electron chi connectivity index (χ3n) is 4.11. The van der Waals surface area contributed by atoms with E-state index in [9.17, 15) is 0 Å². The molecule has 0 bridgehead atoms. The van der Waals surface area contributed by atoms with Gasteiger partial charge in [-0.15, -0.1) is 0 Å². The molecule has 114 valence electrons. The molecule has 2 rings (SSSR count). The van der Waals surface area contributed by atoms with Crippen molar-refractivity contribution >= 4 is 0 Å². The first kappa shape index (κ1) is 15.5. The second kappa shape index (κ2) is 6.27. The molecule has 0 aromatic carbocycles. The van der Waals surface area contributed by atoms with Gasteiger partial charge in [0.2, 0.25) is 0 Å². The van der Waals surface area contributed by atoms with Gasteiger partial charge in [0, 0.05) is 19.1 Å². The maximum atomic E-state index is 4.43. The fourth-order valence-electron chi connectivity index (χ4n) is 2.84. The first-order valence-corrected chi connectivity index (χ1v) is 7.80. The summed E-state index contributed by atoms with van der Waals surface area (Å²) in [6.07, 6.45) is 2.61. The molecule has 0 aliphatic carbocycles. The molecule has 0 radical (unpaired) electrons. The molecule has 1 fully saturated rings. The Balaban J connectivity index is 1.76. The van der Waals surface area contributed by atoms with Crippen LogP contribution in [0.2, 0.25) is 0 Å². The van der Waals surface area contributed by atoms with Crippen molar-refractivity contribution in [1.82, 2.24) is 20.0 Å². The average molecular weight is 278 g/mol. The van der Waals surface area contributed by atoms with E-state index >= 15 is 0 Å². The SMILES string of the molecule is Cc1cc(CN2CCC(CNC(C)(C)C)CC2)n(C)n1. The Bertz CT molecular complexity index is 422. The van der Waals surface area contributed by atoms with Crippen LogP contribution >= 0.6 is 0 Å². The van der Waals surface area contributed by atoms with E-state index in [4.69, 9.17) is 0 Å². The molecular formula is C16H30N4. The Morgan fingerprint density at radius 2 is 1.95 bits per heavy atom. The summed E-state index contributed by atoms with van der Waals surface area (Å²) in [5.41, 5.74) is 2.68. The van der Waals surface area contributed by atoms with E-state index in [1.165, 1.54) is 31.6 Å². The van der Waals surface area contributed by atoms with E-state index < -0.39 is 0 Å². The van der Waals surface area contributed by atoms with E-state index in [-0.39, 0.29) is 5.54 Å². The molecule has 0 spiro atoms. The van der Waals surface area contributed by atoms with Gasteiger partial charge in [-0.05, 0) is 72.2 Å². The zero-order valence-electron chi connectivity index (χ0n) is 13.7. The van der Waals surface area contributed by atoms with Crippen LogP contribution in [-0.2, 0) is 13.6 Å². The van der Waals surface area contributed by atoms with Gasteiger partial charge in [-0.3, -0.25) is 9.58 Å². The molecule has 0 atom stereocenters. The molecule has 2 heterocycles. The standard InChI is InChI=1S/C16H30N4/c1-13-10-15(19(5)18-13)12-20-8-6-14(7-9-20)11-17-16(2,3)4/h10,14,17H,6-9,11-12H2,1-5H3. The lowest BCUT2D eigenvalue weighted by Gasteiger charge is -2.33. The van der Waals surface area contributed by atoms with Crippen LogP contribution in [0.4, 0.5) is 0 Å². The highest BCUT2D eigenvalue weighted by atomic mass is 15.3. The zero-order valence-corrected chi connectivity index (χ0v) is 13.7. The lowest BCUT2D eigenvalue weighted by Crippen LogP contribution is -2.42. The maximum absolute atomic E-state index is 4.43. The summed E-state index contributed by atoms with van der Waals surface area (Å²) in [4.78, 5) is 2.56. The molecule has 4 nitrogen and oxygen atoms in total. The van der Waals surface area contributed by atoms with E-state index in [0.717, 1.165) is 24.7 Å². The Hall–Kier alpha value is -0.870. The fourth-order valence-corrected chi connectivity index (χ4v) is 2.84. The summed E-state index contributed by atoms with van der Waals surface area (Å²) in [5.74, 6) is 0.832. The van der Waals surface area contributed by atoms with Crippen molar-refractivity contribution in [3.8, 4) is 0 Å². The van der Waals surface area contributed by atoms with Crippen molar-refractivity contribution in [3.63, 3.8) is 0 Å². The first-order valence-electron chi connectivity index (χ1n) is 7.80. The second-order valence-electron chi connectivity index (χ2n) is 7.25. The van der Waals surface area contributed by atoms with Gasteiger partial charge < -0.3 is 5.32 Å². The number of nitrogens with one attached hydrogen (secondary N) is 1. The van der Waals surface area contributed by atoms with Crippen molar-refractivity contribution in [2.75, 3.05) is 19.6 Å². The number of nitrogens with zero attached hydrogens (tertiary/aromatic N) is 3. The summed E-state index contributed by atoms with van der Waals surface area (Å²) in [7, 11) is 2.04. The van der Waals surface area contributed by atoms with Gasteiger partial charge in [-0.25, -0.2) is 0 Å². The minimum Gasteiger partial charge on any atom is -0.312 e. The van der Waals surface area contributed by atoms with Crippen molar-refractivity contribution in [2.45, 2.75) is 52.6 Å². The Morgan fingerprint density at radius 3 is 2.45 bits per heavy atom. The Labute approximate surface area is 123 Å². The van der Waals surface area contributed by atoms with Crippen LogP contribution in [0.1, 0.15) is 45.0 Å². The van der Waals surface area contributed by atoms with Crippen molar-refractivity contribution in [2.24, 2.45) is 13.0 Å². The van der Waals surface area contributed by atoms with Gasteiger partial charge >= 0.3 is 0 Å². The number of hydrogen-bond donors (Lipinski definition) is 1. The molecule has 20 heavy (non-hydrogen) atoms. The molecule has 4 heteroatoms. The van der Waals surface area contributed by atoms with Crippen molar-refractivity contribution in [1.29, 1.82) is 0 Å². The number of rotatable bonds is 4. The lowest BCUT2D eigenvalue weighted by molar-refractivity contribution is 0.167. The molecule has 1 aromatic heterocycles. The van der Waals surface area contributed by atoms with Crippen LogP contribution in [0.15, 0.2) is 6.07 Å². The number of aryl methyl sites for hydroxylation is 2. The topological polar surface area (TPSA) is 33.1 Å². The molecule has 0 saturated carbocycles. The fraction of sp³-hybridized carbons (Fsp3) is 0.812. The molecule has 0 unspecified atom stereocenters. The smallest absolute Gasteiger partial charge is 0.0597 e. The highest BCUT2D eigenvalue weighted by molar-refractivity contribution is 5.08. The largest absolute Gasteiger partial charge is 0.312 e. The number of likely N-dealkylation sites (tertiary alicyclic amines) is 1. The molecule has 1 aliphatic rings. The van der Waals surface area contributed by atoms with Gasteiger partial charge in [0.25, 0.3) is 0 Å². The second-order valence-corrected chi connectivity index (χ2v) is 7.25. The average Bonchev–Trinajstić information content (AvgIpc) is 2.66. The predicted molar refractivity (Wildman–Crippen MR) is 83.7 cm³/mol. The van der Waals surface area contributed by atoms with Gasteiger partial charge in [-0.2, -0.15) is 5.10 Å². The third-order valence-corrected chi connectivity index (χ3v) is 4.11. The normalized spacial score (nSPS) is 18.6. The number of hydrogen-bond acceptors (Lipinski definition) is 3. The minimum absolute atomic E-state index is 0.239. The Morgan fingerprint density at radius 1 is 1.30 bits per heavy atom. The van der Waals surface area contributed by atoms with Gasteiger partial charge in [0.05, 0.1) is 11.4 Å². The van der Waals surface area contributed by atoms with Crippen LogP contribution in [0.5, 0.6) is 0 Å². The van der Waals surface area contributed by atoms with E-state index in [2.05, 4.69) is 49.1 Å². The first-order chi connectivity index (χ1) is 9.33. The monoisotopic (exact) mass is 278 g/mol. The van der Waals surface area contributed by atoms with Crippen LogP contribution in [0, 0.1) is 12.8 Å². The summed E-state index contributed by atoms with van der Waals surface area (Å²) >= 11 is 0. The van der Waals surface area contributed by atoms with Gasteiger partial charge in [-0.1, -0.05) is 0 Å². The van der Waals surface area contributed by atoms with Crippen LogP contribution < -0.4 is 5.32 Å². The lowest BCUT2D eigenvalue weighted by atomic mass is 9.95. The van der Waals surface area contributed by atoms with Crippen molar-refractivity contribution in [3.05, 3.63) is 17.5 Å². The molecule has 1 saturated heterocycles. The molecule has 1 aliphatic heterocycles. The molecule has 1 aromatic rings. The quantitative estimate of drug-likeness (QED) is 0.917. The third kappa shape index (κ3) is 4.60. The van der Waals surface area contributed by atoms with Crippen molar-refractivity contribution < 1.29 is 0 Å². The van der Waals surface area contributed by atoms with Crippen LogP contribution in [-0.4, -0.2) is 39.9 Å². The van der Waals surface area contributed by atoms with E-state index in [1.807, 2.05) is 11.7 Å². The zero-order chi connectivity index (χ0) is 14.8. The van der Waals surface area contributed by atoms with Gasteiger partial charge in [0.15, 0.2) is 0 Å². The Kier molecular flexibility index (Phi) is 4.86.